The van der Waals surface area contributed by atoms with Crippen molar-refractivity contribution in [2.75, 3.05) is 13.1 Å². The first-order valence-corrected chi connectivity index (χ1v) is 10.1. The Morgan fingerprint density at radius 3 is 2.54 bits per heavy atom. The Kier molecular flexibility index (Phi) is 5.92. The number of amides is 2. The zero-order chi connectivity index (χ0) is 20.4. The second kappa shape index (κ2) is 8.21. The Morgan fingerprint density at radius 1 is 1.14 bits per heavy atom. The van der Waals surface area contributed by atoms with Gasteiger partial charge in [0.15, 0.2) is 0 Å². The molecule has 1 aliphatic rings. The molecule has 1 aliphatic heterocycles. The van der Waals surface area contributed by atoms with Crippen LogP contribution in [-0.2, 0) is 4.79 Å². The van der Waals surface area contributed by atoms with Crippen molar-refractivity contribution in [2.45, 2.75) is 53.5 Å². The van der Waals surface area contributed by atoms with E-state index in [0.29, 0.717) is 6.54 Å². The van der Waals surface area contributed by atoms with Crippen LogP contribution in [0.1, 0.15) is 54.0 Å². The first-order chi connectivity index (χ1) is 13.3. The SMILES string of the molecule is Cc1ccccc1-n1c(C)cc(C(=O)N2CCCC(NC(=O)C(C)C)C2)c1C. The predicted molar refractivity (Wildman–Crippen MR) is 112 cm³/mol. The van der Waals surface area contributed by atoms with Gasteiger partial charge in [-0.3, -0.25) is 9.59 Å². The van der Waals surface area contributed by atoms with E-state index in [-0.39, 0.29) is 23.8 Å². The minimum absolute atomic E-state index is 0.0347. The second-order valence-electron chi connectivity index (χ2n) is 8.16. The van der Waals surface area contributed by atoms with Gasteiger partial charge in [-0.05, 0) is 51.3 Å². The second-order valence-corrected chi connectivity index (χ2v) is 8.16. The monoisotopic (exact) mass is 381 g/mol. The number of aryl methyl sites for hydroxylation is 2. The van der Waals surface area contributed by atoms with E-state index in [1.807, 2.05) is 50.8 Å². The summed E-state index contributed by atoms with van der Waals surface area (Å²) in [5.41, 5.74) is 5.05. The highest BCUT2D eigenvalue weighted by Crippen LogP contribution is 2.25. The number of hydrogen-bond acceptors (Lipinski definition) is 2. The van der Waals surface area contributed by atoms with Crippen molar-refractivity contribution in [1.82, 2.24) is 14.8 Å². The van der Waals surface area contributed by atoms with Crippen molar-refractivity contribution in [3.8, 4) is 5.69 Å². The summed E-state index contributed by atoms with van der Waals surface area (Å²) < 4.78 is 2.16. The van der Waals surface area contributed by atoms with Crippen LogP contribution in [0.4, 0.5) is 0 Å². The third kappa shape index (κ3) is 3.98. The van der Waals surface area contributed by atoms with Gasteiger partial charge in [-0.15, -0.1) is 0 Å². The number of piperidine rings is 1. The van der Waals surface area contributed by atoms with Gasteiger partial charge in [0.1, 0.15) is 0 Å². The summed E-state index contributed by atoms with van der Waals surface area (Å²) in [5.74, 6) is 0.0626. The zero-order valence-electron chi connectivity index (χ0n) is 17.6. The number of carbonyl (C=O) groups excluding carboxylic acids is 2. The molecule has 3 rings (SSSR count). The van der Waals surface area contributed by atoms with Crippen molar-refractivity contribution in [3.63, 3.8) is 0 Å². The van der Waals surface area contributed by atoms with E-state index in [1.54, 1.807) is 0 Å². The third-order valence-electron chi connectivity index (χ3n) is 5.60. The van der Waals surface area contributed by atoms with Crippen LogP contribution in [0.2, 0.25) is 0 Å². The van der Waals surface area contributed by atoms with E-state index in [2.05, 4.69) is 28.9 Å². The fraction of sp³-hybridized carbons (Fsp3) is 0.478. The van der Waals surface area contributed by atoms with Crippen molar-refractivity contribution in [2.24, 2.45) is 5.92 Å². The first-order valence-electron chi connectivity index (χ1n) is 10.1. The maximum atomic E-state index is 13.3. The average molecular weight is 382 g/mol. The van der Waals surface area contributed by atoms with Crippen molar-refractivity contribution in [1.29, 1.82) is 0 Å². The molecule has 1 atom stereocenters. The van der Waals surface area contributed by atoms with Crippen LogP contribution in [0.5, 0.6) is 0 Å². The predicted octanol–water partition coefficient (Wildman–Crippen LogP) is 3.78. The number of carbonyl (C=O) groups is 2. The normalized spacial score (nSPS) is 17.1. The van der Waals surface area contributed by atoms with Gasteiger partial charge in [-0.25, -0.2) is 0 Å². The zero-order valence-corrected chi connectivity index (χ0v) is 17.6. The highest BCUT2D eigenvalue weighted by Gasteiger charge is 2.28. The van der Waals surface area contributed by atoms with E-state index < -0.39 is 0 Å². The lowest BCUT2D eigenvalue weighted by atomic mass is 10.0. The smallest absolute Gasteiger partial charge is 0.255 e. The highest BCUT2D eigenvalue weighted by molar-refractivity contribution is 5.96. The molecule has 0 saturated carbocycles. The summed E-state index contributed by atoms with van der Waals surface area (Å²) in [5, 5.41) is 3.08. The topological polar surface area (TPSA) is 54.3 Å². The van der Waals surface area contributed by atoms with Crippen LogP contribution < -0.4 is 5.32 Å². The van der Waals surface area contributed by atoms with Crippen LogP contribution in [0, 0.1) is 26.7 Å². The summed E-state index contributed by atoms with van der Waals surface area (Å²) in [6, 6.07) is 10.2. The Hall–Kier alpha value is -2.56. The van der Waals surface area contributed by atoms with Gasteiger partial charge in [0.2, 0.25) is 5.91 Å². The third-order valence-corrected chi connectivity index (χ3v) is 5.60. The number of nitrogens with zero attached hydrogens (tertiary/aromatic N) is 2. The molecular weight excluding hydrogens is 350 g/mol. The minimum Gasteiger partial charge on any atom is -0.351 e. The van der Waals surface area contributed by atoms with Crippen LogP contribution in [0.3, 0.4) is 0 Å². The molecule has 2 amide bonds. The van der Waals surface area contributed by atoms with Gasteiger partial charge >= 0.3 is 0 Å². The van der Waals surface area contributed by atoms with Gasteiger partial charge in [0.05, 0.1) is 5.56 Å². The molecule has 0 bridgehead atoms. The maximum Gasteiger partial charge on any atom is 0.255 e. The average Bonchev–Trinajstić information content (AvgIpc) is 2.96. The van der Waals surface area contributed by atoms with Crippen LogP contribution in [-0.4, -0.2) is 40.4 Å². The fourth-order valence-electron chi connectivity index (χ4n) is 3.98. The molecule has 0 spiro atoms. The largest absolute Gasteiger partial charge is 0.351 e. The molecular formula is C23H31N3O2. The summed E-state index contributed by atoms with van der Waals surface area (Å²) in [7, 11) is 0. The Morgan fingerprint density at radius 2 is 1.86 bits per heavy atom. The van der Waals surface area contributed by atoms with Gasteiger partial charge in [-0.1, -0.05) is 32.0 Å². The molecule has 1 aromatic carbocycles. The number of likely N-dealkylation sites (tertiary alicyclic amines) is 1. The van der Waals surface area contributed by atoms with Crippen molar-refractivity contribution < 1.29 is 9.59 Å². The number of rotatable bonds is 4. The molecule has 5 heteroatoms. The van der Waals surface area contributed by atoms with Crippen molar-refractivity contribution in [3.05, 3.63) is 52.8 Å². The molecule has 2 heterocycles. The lowest BCUT2D eigenvalue weighted by molar-refractivity contribution is -0.125. The summed E-state index contributed by atoms with van der Waals surface area (Å²) in [6.45, 7) is 11.2. The van der Waals surface area contributed by atoms with Crippen LogP contribution in [0.25, 0.3) is 5.69 Å². The Labute approximate surface area is 167 Å². The summed E-state index contributed by atoms with van der Waals surface area (Å²) in [6.07, 6.45) is 1.83. The molecule has 0 aliphatic carbocycles. The maximum absolute atomic E-state index is 13.3. The van der Waals surface area contributed by atoms with Crippen molar-refractivity contribution >= 4 is 11.8 Å². The Bertz CT molecular complexity index is 882. The molecule has 1 unspecified atom stereocenters. The van der Waals surface area contributed by atoms with Crippen LogP contribution >= 0.6 is 0 Å². The standard InChI is InChI=1S/C23H31N3O2/c1-15(2)22(27)24-19-10-8-12-25(14-19)23(28)20-13-17(4)26(18(20)5)21-11-7-6-9-16(21)3/h6-7,9,11,13,15,19H,8,10,12,14H2,1-5H3,(H,24,27). The lowest BCUT2D eigenvalue weighted by Crippen LogP contribution is -2.50. The molecule has 1 fully saturated rings. The van der Waals surface area contributed by atoms with Crippen LogP contribution in [0.15, 0.2) is 30.3 Å². The van der Waals surface area contributed by atoms with E-state index >= 15 is 0 Å². The molecule has 1 aromatic heterocycles. The van der Waals surface area contributed by atoms with E-state index in [1.165, 1.54) is 5.56 Å². The van der Waals surface area contributed by atoms with Gasteiger partial charge in [0, 0.05) is 42.1 Å². The number of aromatic nitrogens is 1. The minimum atomic E-state index is -0.0425. The lowest BCUT2D eigenvalue weighted by Gasteiger charge is -2.33. The van der Waals surface area contributed by atoms with Gasteiger partial charge < -0.3 is 14.8 Å². The summed E-state index contributed by atoms with van der Waals surface area (Å²) >= 11 is 0. The number of hydrogen-bond donors (Lipinski definition) is 1. The molecule has 5 nitrogen and oxygen atoms in total. The molecule has 2 aromatic rings. The molecule has 0 radical (unpaired) electrons. The van der Waals surface area contributed by atoms with E-state index in [9.17, 15) is 9.59 Å². The quantitative estimate of drug-likeness (QED) is 0.876. The number of benzene rings is 1. The Balaban J connectivity index is 1.82. The molecule has 1 N–H and O–H groups in total. The first kappa shape index (κ1) is 20.2. The van der Waals surface area contributed by atoms with Gasteiger partial charge in [-0.2, -0.15) is 0 Å². The molecule has 28 heavy (non-hydrogen) atoms. The summed E-state index contributed by atoms with van der Waals surface area (Å²) in [4.78, 5) is 27.2. The fourth-order valence-corrected chi connectivity index (χ4v) is 3.98. The highest BCUT2D eigenvalue weighted by atomic mass is 16.2. The van der Waals surface area contributed by atoms with Gasteiger partial charge in [0.25, 0.3) is 5.91 Å². The molecule has 1 saturated heterocycles. The number of nitrogens with one attached hydrogen (secondary N) is 1. The molecule has 150 valence electrons. The van der Waals surface area contributed by atoms with E-state index in [0.717, 1.165) is 42.0 Å². The number of para-hydroxylation sites is 1. The van der Waals surface area contributed by atoms with E-state index in [4.69, 9.17) is 0 Å².